The highest BCUT2D eigenvalue weighted by atomic mass is 32.1. The minimum absolute atomic E-state index is 0.244. The Hall–Kier alpha value is -3.19. The van der Waals surface area contributed by atoms with E-state index < -0.39 is 6.03 Å². The van der Waals surface area contributed by atoms with Crippen LogP contribution < -0.4 is 16.0 Å². The number of carbonyl (C=O) groups excluding carboxylic acids is 2. The van der Waals surface area contributed by atoms with Gasteiger partial charge in [-0.05, 0) is 56.2 Å². The molecular formula is C20H20N4O2S. The Labute approximate surface area is 161 Å². The van der Waals surface area contributed by atoms with Crippen molar-refractivity contribution in [1.82, 2.24) is 4.98 Å². The Balaban J connectivity index is 1.68. The summed E-state index contributed by atoms with van der Waals surface area (Å²) in [5.41, 5.74) is 4.13. The number of para-hydroxylation sites is 1. The van der Waals surface area contributed by atoms with Crippen LogP contribution in [0, 0.1) is 20.8 Å². The van der Waals surface area contributed by atoms with E-state index in [1.165, 1.54) is 0 Å². The van der Waals surface area contributed by atoms with E-state index in [0.717, 1.165) is 28.2 Å². The van der Waals surface area contributed by atoms with E-state index >= 15 is 0 Å². The molecule has 0 saturated carbocycles. The van der Waals surface area contributed by atoms with Crippen molar-refractivity contribution in [2.45, 2.75) is 20.8 Å². The number of aryl methyl sites for hydroxylation is 3. The lowest BCUT2D eigenvalue weighted by Gasteiger charge is -2.06. The van der Waals surface area contributed by atoms with E-state index in [-0.39, 0.29) is 5.91 Å². The molecule has 0 bridgehead atoms. The van der Waals surface area contributed by atoms with Crippen molar-refractivity contribution < 1.29 is 9.59 Å². The van der Waals surface area contributed by atoms with E-state index in [9.17, 15) is 9.59 Å². The summed E-state index contributed by atoms with van der Waals surface area (Å²) in [5.74, 6) is -0.244. The van der Waals surface area contributed by atoms with Gasteiger partial charge in [-0.25, -0.2) is 9.78 Å². The standard InChI is InChI=1S/C20H20N4O2S/c1-12-9-13(2)11-16(10-12)22-18(25)17-14(3)21-20(27-17)24-19(26)23-15-7-5-4-6-8-15/h4-11H,1-3H3,(H,22,25)(H2,21,23,24,26). The van der Waals surface area contributed by atoms with Crippen molar-refractivity contribution in [3.05, 3.63) is 70.2 Å². The molecule has 138 valence electrons. The predicted octanol–water partition coefficient (Wildman–Crippen LogP) is 4.96. The number of urea groups is 1. The summed E-state index contributed by atoms with van der Waals surface area (Å²) in [5, 5.41) is 8.64. The molecule has 1 heterocycles. The number of amides is 3. The van der Waals surface area contributed by atoms with Crippen LogP contribution in [0.4, 0.5) is 21.3 Å². The highest BCUT2D eigenvalue weighted by molar-refractivity contribution is 7.17. The lowest BCUT2D eigenvalue weighted by Crippen LogP contribution is -2.19. The number of anilines is 3. The molecule has 7 heteroatoms. The van der Waals surface area contributed by atoms with Crippen molar-refractivity contribution in [1.29, 1.82) is 0 Å². The molecule has 3 aromatic rings. The van der Waals surface area contributed by atoms with Crippen LogP contribution in [0.2, 0.25) is 0 Å². The van der Waals surface area contributed by atoms with Crippen LogP contribution >= 0.6 is 11.3 Å². The van der Waals surface area contributed by atoms with Gasteiger partial charge in [0.1, 0.15) is 4.88 Å². The Kier molecular flexibility index (Phi) is 5.52. The van der Waals surface area contributed by atoms with Gasteiger partial charge in [-0.3, -0.25) is 10.1 Å². The molecule has 0 radical (unpaired) electrons. The first-order valence-electron chi connectivity index (χ1n) is 8.41. The van der Waals surface area contributed by atoms with Crippen molar-refractivity contribution in [3.63, 3.8) is 0 Å². The van der Waals surface area contributed by atoms with Crippen LogP contribution in [0.25, 0.3) is 0 Å². The summed E-state index contributed by atoms with van der Waals surface area (Å²) >= 11 is 1.14. The third kappa shape index (κ3) is 4.92. The fourth-order valence-electron chi connectivity index (χ4n) is 2.68. The van der Waals surface area contributed by atoms with Crippen molar-refractivity contribution in [2.75, 3.05) is 16.0 Å². The maximum absolute atomic E-state index is 12.6. The lowest BCUT2D eigenvalue weighted by molar-refractivity contribution is 0.103. The van der Waals surface area contributed by atoms with Crippen LogP contribution in [0.3, 0.4) is 0 Å². The molecule has 0 aliphatic rings. The van der Waals surface area contributed by atoms with Gasteiger partial charge in [0.05, 0.1) is 5.69 Å². The molecule has 0 spiro atoms. The molecule has 0 fully saturated rings. The Morgan fingerprint density at radius 1 is 0.852 bits per heavy atom. The number of rotatable bonds is 4. The van der Waals surface area contributed by atoms with Gasteiger partial charge in [0.2, 0.25) is 0 Å². The number of thiazole rings is 1. The molecule has 0 aliphatic carbocycles. The Morgan fingerprint density at radius 2 is 1.52 bits per heavy atom. The summed E-state index contributed by atoms with van der Waals surface area (Å²) in [6.45, 7) is 5.70. The topological polar surface area (TPSA) is 83.1 Å². The molecule has 0 aliphatic heterocycles. The molecule has 6 nitrogen and oxygen atoms in total. The maximum atomic E-state index is 12.6. The number of nitrogens with zero attached hydrogens (tertiary/aromatic N) is 1. The highest BCUT2D eigenvalue weighted by Crippen LogP contribution is 2.24. The largest absolute Gasteiger partial charge is 0.325 e. The predicted molar refractivity (Wildman–Crippen MR) is 110 cm³/mol. The SMILES string of the molecule is Cc1cc(C)cc(NC(=O)c2sc(NC(=O)Nc3ccccc3)nc2C)c1. The number of hydrogen-bond acceptors (Lipinski definition) is 4. The van der Waals surface area contributed by atoms with Gasteiger partial charge in [-0.15, -0.1) is 0 Å². The third-order valence-electron chi connectivity index (χ3n) is 3.73. The normalized spacial score (nSPS) is 10.3. The third-order valence-corrected chi connectivity index (χ3v) is 4.81. The first-order valence-corrected chi connectivity index (χ1v) is 9.22. The minimum Gasteiger partial charge on any atom is -0.321 e. The minimum atomic E-state index is -0.406. The van der Waals surface area contributed by atoms with Gasteiger partial charge >= 0.3 is 6.03 Å². The average Bonchev–Trinajstić information content (AvgIpc) is 2.95. The summed E-state index contributed by atoms with van der Waals surface area (Å²) in [6, 6.07) is 14.6. The fraction of sp³-hybridized carbons (Fsp3) is 0.150. The average molecular weight is 380 g/mol. The van der Waals surface area contributed by atoms with Gasteiger partial charge in [0.15, 0.2) is 5.13 Å². The van der Waals surface area contributed by atoms with Crippen LogP contribution in [-0.2, 0) is 0 Å². The van der Waals surface area contributed by atoms with Gasteiger partial charge < -0.3 is 10.6 Å². The van der Waals surface area contributed by atoms with Crippen molar-refractivity contribution >= 4 is 39.8 Å². The summed E-state index contributed by atoms with van der Waals surface area (Å²) in [4.78, 5) is 29.4. The van der Waals surface area contributed by atoms with E-state index in [1.807, 2.05) is 50.2 Å². The van der Waals surface area contributed by atoms with Crippen LogP contribution in [-0.4, -0.2) is 16.9 Å². The summed E-state index contributed by atoms with van der Waals surface area (Å²) in [6.07, 6.45) is 0. The second-order valence-electron chi connectivity index (χ2n) is 6.21. The molecule has 3 rings (SSSR count). The van der Waals surface area contributed by atoms with Gasteiger partial charge in [-0.1, -0.05) is 35.6 Å². The number of benzene rings is 2. The quantitative estimate of drug-likeness (QED) is 0.598. The molecule has 1 aromatic heterocycles. The number of carbonyl (C=O) groups is 2. The van der Waals surface area contributed by atoms with Gasteiger partial charge in [-0.2, -0.15) is 0 Å². The van der Waals surface area contributed by atoms with E-state index in [0.29, 0.717) is 21.4 Å². The van der Waals surface area contributed by atoms with Crippen LogP contribution in [0.1, 0.15) is 26.5 Å². The summed E-state index contributed by atoms with van der Waals surface area (Å²) in [7, 11) is 0. The number of aromatic nitrogens is 1. The zero-order valence-corrected chi connectivity index (χ0v) is 16.1. The molecule has 3 N–H and O–H groups in total. The maximum Gasteiger partial charge on any atom is 0.325 e. The highest BCUT2D eigenvalue weighted by Gasteiger charge is 2.17. The zero-order chi connectivity index (χ0) is 19.4. The first kappa shape index (κ1) is 18.6. The summed E-state index contributed by atoms with van der Waals surface area (Å²) < 4.78 is 0. The van der Waals surface area contributed by atoms with E-state index in [4.69, 9.17) is 0 Å². The second kappa shape index (κ2) is 8.01. The second-order valence-corrected chi connectivity index (χ2v) is 7.21. The number of nitrogens with one attached hydrogen (secondary N) is 3. The molecule has 27 heavy (non-hydrogen) atoms. The van der Waals surface area contributed by atoms with Crippen LogP contribution in [0.5, 0.6) is 0 Å². The fourth-order valence-corrected chi connectivity index (χ4v) is 3.53. The smallest absolute Gasteiger partial charge is 0.321 e. The zero-order valence-electron chi connectivity index (χ0n) is 15.3. The first-order chi connectivity index (χ1) is 12.9. The van der Waals surface area contributed by atoms with Crippen molar-refractivity contribution in [3.8, 4) is 0 Å². The van der Waals surface area contributed by atoms with Crippen LogP contribution in [0.15, 0.2) is 48.5 Å². The van der Waals surface area contributed by atoms with E-state index in [1.54, 1.807) is 19.1 Å². The molecule has 0 atom stereocenters. The Bertz CT molecular complexity index is 963. The molecular weight excluding hydrogens is 360 g/mol. The number of hydrogen-bond donors (Lipinski definition) is 3. The van der Waals surface area contributed by atoms with Gasteiger partial charge in [0, 0.05) is 11.4 Å². The molecule has 0 saturated heterocycles. The molecule has 2 aromatic carbocycles. The van der Waals surface area contributed by atoms with Gasteiger partial charge in [0.25, 0.3) is 5.91 Å². The van der Waals surface area contributed by atoms with Crippen molar-refractivity contribution in [2.24, 2.45) is 0 Å². The van der Waals surface area contributed by atoms with E-state index in [2.05, 4.69) is 20.9 Å². The lowest BCUT2D eigenvalue weighted by atomic mass is 10.1. The molecule has 3 amide bonds. The molecule has 0 unspecified atom stereocenters. The monoisotopic (exact) mass is 380 g/mol. The Morgan fingerprint density at radius 3 is 2.19 bits per heavy atom.